The van der Waals surface area contributed by atoms with Gasteiger partial charge in [-0.25, -0.2) is 0 Å². The highest BCUT2D eigenvalue weighted by Crippen LogP contribution is 2.42. The maximum Gasteiger partial charge on any atom is 0.286 e. The van der Waals surface area contributed by atoms with E-state index in [1.165, 1.54) is 18.4 Å². The van der Waals surface area contributed by atoms with Crippen molar-refractivity contribution in [1.29, 1.82) is 0 Å². The Hall–Kier alpha value is -2.63. The van der Waals surface area contributed by atoms with Crippen LogP contribution >= 0.6 is 0 Å². The standard InChI is InChI=1S/C25H29NO4/c27-16-19-6-8-20(9-7-19)17-29-24-15-22(21-10-11-21)14-23(30-24)25(28)26-13-12-18-4-2-1-3-5-18/h1-9,14,21-22,24,27H,10-13,15-17H2,(H,26,28)/t22-,24+/m1/s1. The lowest BCUT2D eigenvalue weighted by molar-refractivity contribution is -0.154. The molecule has 1 amide bonds. The van der Waals surface area contributed by atoms with Crippen LogP contribution in [0.25, 0.3) is 0 Å². The Morgan fingerprint density at radius 3 is 2.47 bits per heavy atom. The van der Waals surface area contributed by atoms with E-state index in [1.807, 2.05) is 48.5 Å². The molecule has 2 aliphatic rings. The van der Waals surface area contributed by atoms with Crippen LogP contribution in [-0.2, 0) is 33.9 Å². The summed E-state index contributed by atoms with van der Waals surface area (Å²) in [5, 5.41) is 12.1. The maximum atomic E-state index is 12.7. The van der Waals surface area contributed by atoms with Crippen LogP contribution in [0.5, 0.6) is 0 Å². The molecule has 2 aromatic carbocycles. The largest absolute Gasteiger partial charge is 0.459 e. The van der Waals surface area contributed by atoms with Gasteiger partial charge >= 0.3 is 0 Å². The molecule has 2 aromatic rings. The van der Waals surface area contributed by atoms with Crippen LogP contribution in [-0.4, -0.2) is 23.8 Å². The van der Waals surface area contributed by atoms with Crippen LogP contribution in [0.15, 0.2) is 66.4 Å². The average molecular weight is 408 g/mol. The molecule has 1 saturated carbocycles. The lowest BCUT2D eigenvalue weighted by Gasteiger charge is -2.29. The number of benzene rings is 2. The Balaban J connectivity index is 1.31. The highest BCUT2D eigenvalue weighted by atomic mass is 16.7. The molecule has 0 unspecified atom stereocenters. The van der Waals surface area contributed by atoms with Crippen molar-refractivity contribution in [2.45, 2.75) is 45.2 Å². The Morgan fingerprint density at radius 1 is 1.03 bits per heavy atom. The first-order valence-corrected chi connectivity index (χ1v) is 10.7. The first-order chi connectivity index (χ1) is 14.7. The summed E-state index contributed by atoms with van der Waals surface area (Å²) in [6.45, 7) is 1.01. The lowest BCUT2D eigenvalue weighted by Crippen LogP contribution is -2.34. The number of aliphatic hydroxyl groups excluding tert-OH is 1. The van der Waals surface area contributed by atoms with Gasteiger partial charge in [0.15, 0.2) is 5.76 Å². The summed E-state index contributed by atoms with van der Waals surface area (Å²) in [6, 6.07) is 17.8. The summed E-state index contributed by atoms with van der Waals surface area (Å²) in [7, 11) is 0. The predicted molar refractivity (Wildman–Crippen MR) is 114 cm³/mol. The summed E-state index contributed by atoms with van der Waals surface area (Å²) < 4.78 is 11.9. The molecule has 1 heterocycles. The SMILES string of the molecule is O=C(NCCc1ccccc1)C1=C[C@@H](C2CC2)C[C@@H](OCc2ccc(CO)cc2)O1. The van der Waals surface area contributed by atoms with Gasteiger partial charge in [-0.1, -0.05) is 54.6 Å². The zero-order chi connectivity index (χ0) is 20.8. The second kappa shape index (κ2) is 9.92. The van der Waals surface area contributed by atoms with Crippen molar-refractivity contribution in [3.05, 3.63) is 83.1 Å². The Morgan fingerprint density at radius 2 is 1.77 bits per heavy atom. The van der Waals surface area contributed by atoms with Crippen LogP contribution in [0.1, 0.15) is 36.0 Å². The molecule has 158 valence electrons. The molecule has 2 atom stereocenters. The second-order valence-corrected chi connectivity index (χ2v) is 8.09. The van der Waals surface area contributed by atoms with Crippen LogP contribution in [0.4, 0.5) is 0 Å². The normalized spacial score (nSPS) is 20.9. The van der Waals surface area contributed by atoms with Crippen LogP contribution in [0.2, 0.25) is 0 Å². The van der Waals surface area contributed by atoms with Crippen LogP contribution < -0.4 is 5.32 Å². The van der Waals surface area contributed by atoms with E-state index in [9.17, 15) is 4.79 Å². The van der Waals surface area contributed by atoms with Gasteiger partial charge in [-0.15, -0.1) is 0 Å². The highest BCUT2D eigenvalue weighted by Gasteiger charge is 2.37. The van der Waals surface area contributed by atoms with Gasteiger partial charge in [-0.2, -0.15) is 0 Å². The van der Waals surface area contributed by atoms with Gasteiger partial charge < -0.3 is 19.9 Å². The van der Waals surface area contributed by atoms with E-state index < -0.39 is 6.29 Å². The molecule has 0 bridgehead atoms. The van der Waals surface area contributed by atoms with Gasteiger partial charge in [0, 0.05) is 13.0 Å². The van der Waals surface area contributed by atoms with Crippen molar-refractivity contribution in [3.8, 4) is 0 Å². The number of carbonyl (C=O) groups is 1. The van der Waals surface area contributed by atoms with E-state index >= 15 is 0 Å². The summed E-state index contributed by atoms with van der Waals surface area (Å²) in [5.74, 6) is 1.18. The summed E-state index contributed by atoms with van der Waals surface area (Å²) in [5.41, 5.74) is 3.08. The fourth-order valence-electron chi connectivity index (χ4n) is 3.78. The number of ether oxygens (including phenoxy) is 2. The molecular weight excluding hydrogens is 378 g/mol. The van der Waals surface area contributed by atoms with E-state index in [0.717, 1.165) is 24.0 Å². The monoisotopic (exact) mass is 407 g/mol. The second-order valence-electron chi connectivity index (χ2n) is 8.09. The van der Waals surface area contributed by atoms with Gasteiger partial charge in [0.2, 0.25) is 6.29 Å². The molecule has 0 radical (unpaired) electrons. The third-order valence-electron chi connectivity index (χ3n) is 5.72. The number of allylic oxidation sites excluding steroid dienone is 1. The molecule has 5 nitrogen and oxygen atoms in total. The molecule has 1 fully saturated rings. The first kappa shape index (κ1) is 20.6. The number of hydrogen-bond donors (Lipinski definition) is 2. The minimum absolute atomic E-state index is 0.0312. The molecule has 4 rings (SSSR count). The third-order valence-corrected chi connectivity index (χ3v) is 5.72. The smallest absolute Gasteiger partial charge is 0.286 e. The van der Waals surface area contributed by atoms with Crippen LogP contribution in [0, 0.1) is 11.8 Å². The van der Waals surface area contributed by atoms with Gasteiger partial charge in [0.1, 0.15) is 0 Å². The number of hydrogen-bond acceptors (Lipinski definition) is 4. The third kappa shape index (κ3) is 5.71. The number of nitrogens with one attached hydrogen (secondary N) is 1. The van der Waals surface area contributed by atoms with Gasteiger partial charge in [0.05, 0.1) is 13.2 Å². The number of rotatable bonds is 9. The van der Waals surface area contributed by atoms with Gasteiger partial charge in [-0.3, -0.25) is 4.79 Å². The molecule has 2 N–H and O–H groups in total. The maximum absolute atomic E-state index is 12.7. The van der Waals surface area contributed by atoms with E-state index in [0.29, 0.717) is 30.7 Å². The van der Waals surface area contributed by atoms with E-state index in [2.05, 4.69) is 17.4 Å². The molecule has 30 heavy (non-hydrogen) atoms. The zero-order valence-electron chi connectivity index (χ0n) is 17.1. The quantitative estimate of drug-likeness (QED) is 0.665. The Bertz CT molecular complexity index is 858. The summed E-state index contributed by atoms with van der Waals surface area (Å²) >= 11 is 0. The van der Waals surface area contributed by atoms with Crippen molar-refractivity contribution in [2.75, 3.05) is 6.54 Å². The highest BCUT2D eigenvalue weighted by molar-refractivity contribution is 5.91. The molecule has 1 aliphatic heterocycles. The molecule has 0 saturated heterocycles. The Labute approximate surface area is 177 Å². The zero-order valence-corrected chi connectivity index (χ0v) is 17.1. The summed E-state index contributed by atoms with van der Waals surface area (Å²) in [4.78, 5) is 12.7. The Kier molecular flexibility index (Phi) is 6.82. The van der Waals surface area contributed by atoms with Crippen molar-refractivity contribution >= 4 is 5.91 Å². The number of carbonyl (C=O) groups excluding carboxylic acids is 1. The molecular formula is C25H29NO4. The first-order valence-electron chi connectivity index (χ1n) is 10.7. The van der Waals surface area contributed by atoms with E-state index in [1.54, 1.807) is 0 Å². The lowest BCUT2D eigenvalue weighted by atomic mass is 9.96. The number of aliphatic hydroxyl groups is 1. The van der Waals surface area contributed by atoms with Crippen LogP contribution in [0.3, 0.4) is 0 Å². The number of amides is 1. The molecule has 0 spiro atoms. The topological polar surface area (TPSA) is 67.8 Å². The van der Waals surface area contributed by atoms with Crippen molar-refractivity contribution < 1.29 is 19.4 Å². The van der Waals surface area contributed by atoms with Crippen molar-refractivity contribution in [3.63, 3.8) is 0 Å². The molecule has 5 heteroatoms. The van der Waals surface area contributed by atoms with E-state index in [-0.39, 0.29) is 12.5 Å². The molecule has 0 aromatic heterocycles. The fourth-order valence-corrected chi connectivity index (χ4v) is 3.78. The minimum Gasteiger partial charge on any atom is -0.459 e. The summed E-state index contributed by atoms with van der Waals surface area (Å²) in [6.07, 6.45) is 5.55. The molecule has 1 aliphatic carbocycles. The minimum atomic E-state index is -0.423. The van der Waals surface area contributed by atoms with Crippen molar-refractivity contribution in [1.82, 2.24) is 5.32 Å². The fraction of sp³-hybridized carbons (Fsp3) is 0.400. The van der Waals surface area contributed by atoms with Gasteiger partial charge in [0.25, 0.3) is 5.91 Å². The van der Waals surface area contributed by atoms with E-state index in [4.69, 9.17) is 14.6 Å². The predicted octanol–water partition coefficient (Wildman–Crippen LogP) is 3.71. The average Bonchev–Trinajstić information content (AvgIpc) is 3.64. The van der Waals surface area contributed by atoms with Gasteiger partial charge in [-0.05, 0) is 53.9 Å². The van der Waals surface area contributed by atoms with Crippen molar-refractivity contribution in [2.24, 2.45) is 11.8 Å².